The van der Waals surface area contributed by atoms with Gasteiger partial charge in [-0.05, 0) is 96.7 Å². The Kier molecular flexibility index (Phi) is 8.29. The standard InChI is InChI=1S/C33H57NO2/c1-22(2)10-9-11-23(3)27-14-15-28-26-13-12-24-20-25(36-30(35)34-21-31(4,5)6)16-18-32(24,7)29(26)17-19-33(27,28)8/h12,22-23,25-29H,9-11,13-21H2,1-8H3,(H,34,35)/t23?,25-,26?,27?,28?,29?,32-,33+/m0/s1. The zero-order valence-corrected chi connectivity index (χ0v) is 24.9. The molecule has 0 aromatic heterocycles. The molecule has 8 atom stereocenters. The van der Waals surface area contributed by atoms with Gasteiger partial charge in [-0.3, -0.25) is 0 Å². The van der Waals surface area contributed by atoms with Crippen LogP contribution in [0.3, 0.4) is 0 Å². The highest BCUT2D eigenvalue weighted by Crippen LogP contribution is 2.67. The molecule has 3 heteroatoms. The zero-order valence-electron chi connectivity index (χ0n) is 24.9. The maximum Gasteiger partial charge on any atom is 0.407 e. The summed E-state index contributed by atoms with van der Waals surface area (Å²) in [7, 11) is 0. The van der Waals surface area contributed by atoms with Crippen molar-refractivity contribution in [3.63, 3.8) is 0 Å². The van der Waals surface area contributed by atoms with Crippen LogP contribution in [0.25, 0.3) is 0 Å². The Morgan fingerprint density at radius 2 is 1.81 bits per heavy atom. The second-order valence-electron chi connectivity index (χ2n) is 15.5. The van der Waals surface area contributed by atoms with Gasteiger partial charge in [0.05, 0.1) is 0 Å². The van der Waals surface area contributed by atoms with Gasteiger partial charge in [0.15, 0.2) is 0 Å². The minimum absolute atomic E-state index is 0.0391. The van der Waals surface area contributed by atoms with Crippen LogP contribution in [0.5, 0.6) is 0 Å². The molecule has 4 rings (SSSR count). The molecule has 1 amide bonds. The number of alkyl carbamates (subject to hydrolysis) is 1. The summed E-state index contributed by atoms with van der Waals surface area (Å²) >= 11 is 0. The predicted molar refractivity (Wildman–Crippen MR) is 151 cm³/mol. The zero-order chi connectivity index (χ0) is 26.3. The lowest BCUT2D eigenvalue weighted by atomic mass is 9.47. The Morgan fingerprint density at radius 1 is 1.06 bits per heavy atom. The number of amides is 1. The quantitative estimate of drug-likeness (QED) is 0.355. The Balaban J connectivity index is 1.39. The molecule has 0 radical (unpaired) electrons. The topological polar surface area (TPSA) is 38.3 Å². The summed E-state index contributed by atoms with van der Waals surface area (Å²) in [5.41, 5.74) is 2.54. The molecule has 0 aromatic carbocycles. The van der Waals surface area contributed by atoms with Gasteiger partial charge in [-0.2, -0.15) is 0 Å². The number of rotatable bonds is 7. The minimum Gasteiger partial charge on any atom is -0.446 e. The maximum absolute atomic E-state index is 12.4. The predicted octanol–water partition coefficient (Wildman–Crippen LogP) is 9.17. The first kappa shape index (κ1) is 28.0. The molecule has 3 nitrogen and oxygen atoms in total. The molecule has 5 unspecified atom stereocenters. The second-order valence-corrected chi connectivity index (χ2v) is 15.5. The fourth-order valence-electron chi connectivity index (χ4n) is 9.28. The number of hydrogen-bond donors (Lipinski definition) is 1. The fourth-order valence-corrected chi connectivity index (χ4v) is 9.28. The van der Waals surface area contributed by atoms with Crippen molar-refractivity contribution in [1.82, 2.24) is 5.32 Å². The molecule has 0 bridgehead atoms. The van der Waals surface area contributed by atoms with E-state index >= 15 is 0 Å². The van der Waals surface area contributed by atoms with Gasteiger partial charge in [0.25, 0.3) is 0 Å². The van der Waals surface area contributed by atoms with Gasteiger partial charge in [-0.25, -0.2) is 4.79 Å². The molecule has 1 N–H and O–H groups in total. The highest BCUT2D eigenvalue weighted by molar-refractivity contribution is 5.67. The van der Waals surface area contributed by atoms with Crippen LogP contribution in [-0.4, -0.2) is 18.7 Å². The molecule has 0 aliphatic heterocycles. The molecular formula is C33H57NO2. The third-order valence-electron chi connectivity index (χ3n) is 11.3. The van der Waals surface area contributed by atoms with Gasteiger partial charge >= 0.3 is 6.09 Å². The number of carbonyl (C=O) groups is 1. The first-order valence-electron chi connectivity index (χ1n) is 15.5. The van der Waals surface area contributed by atoms with Crippen molar-refractivity contribution >= 4 is 6.09 Å². The first-order valence-corrected chi connectivity index (χ1v) is 15.5. The lowest BCUT2D eigenvalue weighted by molar-refractivity contribution is -0.0581. The van der Waals surface area contributed by atoms with E-state index in [9.17, 15) is 4.79 Å². The molecule has 4 aliphatic rings. The number of hydrogen-bond acceptors (Lipinski definition) is 2. The van der Waals surface area contributed by atoms with Crippen molar-refractivity contribution < 1.29 is 9.53 Å². The summed E-state index contributed by atoms with van der Waals surface area (Å²) in [6, 6.07) is 0. The van der Waals surface area contributed by atoms with E-state index in [4.69, 9.17) is 4.74 Å². The normalized spacial score (nSPS) is 39.0. The van der Waals surface area contributed by atoms with Gasteiger partial charge in [0, 0.05) is 13.0 Å². The average molecular weight is 500 g/mol. The molecule has 206 valence electrons. The van der Waals surface area contributed by atoms with Crippen LogP contribution in [0.2, 0.25) is 0 Å². The Morgan fingerprint density at radius 3 is 2.50 bits per heavy atom. The number of fused-ring (bicyclic) bond motifs is 5. The van der Waals surface area contributed by atoms with Gasteiger partial charge in [0.2, 0.25) is 0 Å². The molecular weight excluding hydrogens is 442 g/mol. The van der Waals surface area contributed by atoms with Crippen LogP contribution in [0.15, 0.2) is 11.6 Å². The van der Waals surface area contributed by atoms with E-state index in [1.54, 1.807) is 5.57 Å². The fraction of sp³-hybridized carbons (Fsp3) is 0.909. The van der Waals surface area contributed by atoms with Crippen LogP contribution in [-0.2, 0) is 4.74 Å². The van der Waals surface area contributed by atoms with E-state index in [0.29, 0.717) is 17.4 Å². The van der Waals surface area contributed by atoms with Crippen LogP contribution in [0.1, 0.15) is 126 Å². The Hall–Kier alpha value is -0.990. The number of nitrogens with one attached hydrogen (secondary N) is 1. The molecule has 0 spiro atoms. The van der Waals surface area contributed by atoms with Crippen LogP contribution >= 0.6 is 0 Å². The number of carbonyl (C=O) groups excluding carboxylic acids is 1. The highest BCUT2D eigenvalue weighted by Gasteiger charge is 2.59. The molecule has 36 heavy (non-hydrogen) atoms. The largest absolute Gasteiger partial charge is 0.446 e. The number of allylic oxidation sites excluding steroid dienone is 1. The Labute approximate surface area is 223 Å². The van der Waals surface area contributed by atoms with Crippen molar-refractivity contribution in [3.8, 4) is 0 Å². The molecule has 0 heterocycles. The van der Waals surface area contributed by atoms with Gasteiger partial charge in [-0.1, -0.05) is 86.3 Å². The third kappa shape index (κ3) is 5.70. The minimum atomic E-state index is -0.235. The van der Waals surface area contributed by atoms with E-state index in [1.807, 2.05) is 0 Å². The van der Waals surface area contributed by atoms with Crippen molar-refractivity contribution in [2.45, 2.75) is 132 Å². The van der Waals surface area contributed by atoms with Crippen molar-refractivity contribution in [1.29, 1.82) is 0 Å². The summed E-state index contributed by atoms with van der Waals surface area (Å²) in [6.07, 6.45) is 16.8. The summed E-state index contributed by atoms with van der Waals surface area (Å²) in [5, 5.41) is 2.98. The summed E-state index contributed by atoms with van der Waals surface area (Å²) in [5.74, 6) is 5.21. The number of ether oxygens (including phenoxy) is 1. The van der Waals surface area contributed by atoms with E-state index in [1.165, 1.54) is 57.8 Å². The SMILES string of the molecule is CC(C)CCCC(C)C1CCC2C3CC=C4C[C@@H](OC(=O)NCC(C)(C)C)CC[C@]4(C)C3CC[C@]12C. The molecule has 3 saturated carbocycles. The molecule has 4 aliphatic carbocycles. The lowest BCUT2D eigenvalue weighted by Gasteiger charge is -2.58. The summed E-state index contributed by atoms with van der Waals surface area (Å²) in [6.45, 7) is 19.6. The molecule has 0 saturated heterocycles. The molecule has 3 fully saturated rings. The molecule has 0 aromatic rings. The van der Waals surface area contributed by atoms with Gasteiger partial charge in [0.1, 0.15) is 6.10 Å². The lowest BCUT2D eigenvalue weighted by Crippen LogP contribution is -2.51. The maximum atomic E-state index is 12.4. The second kappa shape index (κ2) is 10.6. The van der Waals surface area contributed by atoms with Crippen LogP contribution in [0, 0.1) is 51.8 Å². The van der Waals surface area contributed by atoms with Crippen molar-refractivity contribution in [2.24, 2.45) is 51.8 Å². The van der Waals surface area contributed by atoms with E-state index in [2.05, 4.69) is 66.8 Å². The Bertz CT molecular complexity index is 809. The third-order valence-corrected chi connectivity index (χ3v) is 11.3. The van der Waals surface area contributed by atoms with Crippen LogP contribution < -0.4 is 5.32 Å². The van der Waals surface area contributed by atoms with Crippen molar-refractivity contribution in [3.05, 3.63) is 11.6 Å². The highest BCUT2D eigenvalue weighted by atomic mass is 16.6. The smallest absolute Gasteiger partial charge is 0.407 e. The average Bonchev–Trinajstić information content (AvgIpc) is 3.14. The van der Waals surface area contributed by atoms with E-state index in [0.717, 1.165) is 48.3 Å². The van der Waals surface area contributed by atoms with Crippen LogP contribution in [0.4, 0.5) is 4.79 Å². The van der Waals surface area contributed by atoms with Crippen molar-refractivity contribution in [2.75, 3.05) is 6.54 Å². The summed E-state index contributed by atoms with van der Waals surface area (Å²) in [4.78, 5) is 12.4. The monoisotopic (exact) mass is 499 g/mol. The first-order chi connectivity index (χ1) is 16.8. The van der Waals surface area contributed by atoms with E-state index in [-0.39, 0.29) is 17.6 Å². The van der Waals surface area contributed by atoms with Gasteiger partial charge in [-0.15, -0.1) is 0 Å². The van der Waals surface area contributed by atoms with Gasteiger partial charge < -0.3 is 10.1 Å². The summed E-state index contributed by atoms with van der Waals surface area (Å²) < 4.78 is 5.90. The van der Waals surface area contributed by atoms with E-state index < -0.39 is 0 Å².